The van der Waals surface area contributed by atoms with Gasteiger partial charge in [-0.2, -0.15) is 0 Å². The molecular formula is C37H60N4O7S. The molecule has 2 saturated heterocycles. The number of unbranched alkanes of at least 4 members (excludes halogenated alkanes) is 4. The number of carbonyl (C=O) groups is 4. The fraction of sp³-hybridized carbons (Fsp3) is 0.676. The van der Waals surface area contributed by atoms with Crippen LogP contribution in [0.15, 0.2) is 36.5 Å². The van der Waals surface area contributed by atoms with Gasteiger partial charge in [0, 0.05) is 24.1 Å². The van der Waals surface area contributed by atoms with Crippen molar-refractivity contribution in [1.82, 2.24) is 15.1 Å². The lowest BCUT2D eigenvalue weighted by Gasteiger charge is -2.45. The van der Waals surface area contributed by atoms with E-state index in [1.54, 1.807) is 33.0 Å². The number of methoxy groups -OCH3 is 1. The van der Waals surface area contributed by atoms with Gasteiger partial charge in [-0.3, -0.25) is 9.59 Å². The highest BCUT2D eigenvalue weighted by Crippen LogP contribution is 2.50. The van der Waals surface area contributed by atoms with Gasteiger partial charge in [0.2, 0.25) is 11.8 Å². The molecule has 2 N–H and O–H groups in total. The number of nitrogens with zero attached hydrogens (tertiary/aromatic N) is 3. The minimum Gasteiger partial charge on any atom is -0.548 e. The number of aromatic hydroxyl groups is 1. The maximum absolute atomic E-state index is 13.2. The first-order valence-electron chi connectivity index (χ1n) is 17.9. The Balaban J connectivity index is 0.000000417. The predicted octanol–water partition coefficient (Wildman–Crippen LogP) is 4.35. The zero-order valence-electron chi connectivity index (χ0n) is 30.9. The Bertz CT molecular complexity index is 1220. The van der Waals surface area contributed by atoms with Crippen LogP contribution >= 0.6 is 11.8 Å². The van der Waals surface area contributed by atoms with Gasteiger partial charge in [0.15, 0.2) is 0 Å². The van der Waals surface area contributed by atoms with E-state index in [1.807, 2.05) is 0 Å². The van der Waals surface area contributed by atoms with Crippen LogP contribution in [0.5, 0.6) is 5.75 Å². The molecule has 3 rings (SSSR count). The number of phenols is 1. The molecule has 0 spiro atoms. The molecule has 0 aromatic heterocycles. The minimum absolute atomic E-state index is 0.0170. The fourth-order valence-corrected chi connectivity index (χ4v) is 8.18. The molecule has 2 unspecified atom stereocenters. The third-order valence-electron chi connectivity index (χ3n) is 9.42. The van der Waals surface area contributed by atoms with Crippen molar-refractivity contribution in [3.05, 3.63) is 42.1 Å². The van der Waals surface area contributed by atoms with Gasteiger partial charge in [0.25, 0.3) is 0 Å². The summed E-state index contributed by atoms with van der Waals surface area (Å²) in [6.45, 7) is 18.4. The largest absolute Gasteiger partial charge is 0.548 e. The number of carboxylic acid groups (broad SMARTS) is 1. The van der Waals surface area contributed by atoms with Crippen LogP contribution in [0.1, 0.15) is 105 Å². The lowest BCUT2D eigenvalue weighted by atomic mass is 9.95. The number of aliphatic carboxylic acids is 1. The zero-order chi connectivity index (χ0) is 36.8. The molecule has 2 fully saturated rings. The van der Waals surface area contributed by atoms with Crippen molar-refractivity contribution < 1.29 is 38.6 Å². The molecule has 11 nitrogen and oxygen atoms in total. The molecule has 2 amide bonds. The summed E-state index contributed by atoms with van der Waals surface area (Å²) in [5.74, 6) is -2.94. The number of thioether (sulfide) groups is 1. The van der Waals surface area contributed by atoms with Gasteiger partial charge < -0.3 is 39.3 Å². The highest BCUT2D eigenvalue weighted by molar-refractivity contribution is 8.01. The van der Waals surface area contributed by atoms with Crippen LogP contribution in [0.2, 0.25) is 0 Å². The van der Waals surface area contributed by atoms with E-state index in [-0.39, 0.29) is 5.75 Å². The maximum atomic E-state index is 13.2. The highest BCUT2D eigenvalue weighted by atomic mass is 32.2. The SMILES string of the molecule is CCCC[N+](CCCC)(CCCC)CCCC.COC(=O)/C=C/N(C)C(C(=O)NC1C(=O)N2[C@@H]1SC(C)(C)[C@@H]2C(=O)[O-])c1ccc(O)cc1. The third kappa shape index (κ3) is 11.4. The summed E-state index contributed by atoms with van der Waals surface area (Å²) in [6.07, 6.45) is 13.6. The topological polar surface area (TPSA) is 139 Å². The van der Waals surface area contributed by atoms with Crippen molar-refractivity contribution in [3.63, 3.8) is 0 Å². The maximum Gasteiger partial charge on any atom is 0.331 e. The molecule has 49 heavy (non-hydrogen) atoms. The second-order valence-electron chi connectivity index (χ2n) is 13.7. The molecule has 276 valence electrons. The number of hydrogen-bond donors (Lipinski definition) is 2. The number of benzene rings is 1. The van der Waals surface area contributed by atoms with E-state index in [0.717, 1.165) is 6.08 Å². The molecule has 12 heteroatoms. The molecule has 0 radical (unpaired) electrons. The van der Waals surface area contributed by atoms with Crippen molar-refractivity contribution in [3.8, 4) is 5.75 Å². The quantitative estimate of drug-likeness (QED) is 0.0932. The summed E-state index contributed by atoms with van der Waals surface area (Å²) in [5, 5.41) is 23.3. The van der Waals surface area contributed by atoms with Gasteiger partial charge in [-0.25, -0.2) is 4.79 Å². The molecule has 1 aromatic carbocycles. The number of nitrogens with one attached hydrogen (secondary N) is 1. The number of rotatable bonds is 19. The molecule has 4 atom stereocenters. The van der Waals surface area contributed by atoms with Crippen LogP contribution in [-0.4, -0.2) is 106 Å². The number of β-lactam (4-membered cyclic amide) rings is 1. The summed E-state index contributed by atoms with van der Waals surface area (Å²) in [5.41, 5.74) is 0.507. The lowest BCUT2D eigenvalue weighted by Crippen LogP contribution is -2.72. The average Bonchev–Trinajstić information content (AvgIpc) is 3.34. The number of likely N-dealkylation sites (N-methyl/N-ethyl adjacent to an activating group) is 1. The number of ether oxygens (including phenoxy) is 1. The monoisotopic (exact) mass is 704 g/mol. The summed E-state index contributed by atoms with van der Waals surface area (Å²) in [4.78, 5) is 51.7. The standard InChI is InChI=1S/C21H25N3O7S.C16H36N/c1-21(2)16(20(29)30)24-18(28)14(19(24)32-21)22-17(27)15(11-5-7-12(25)8-6-11)23(3)10-9-13(26)31-4;1-5-9-13-17(14-10-6-2,15-11-7-3)16-12-8-4/h5-10,14-16,19,25H,1-4H3,(H,22,27)(H,29,30);5-16H2,1-4H3/q;+1/p-1/b10-9+;/t14?,15?,16-,19+;/m0./s1. The van der Waals surface area contributed by atoms with E-state index in [1.165, 1.54) is 129 Å². The van der Waals surface area contributed by atoms with Gasteiger partial charge in [-0.05, 0) is 57.2 Å². The Morgan fingerprint density at radius 3 is 1.92 bits per heavy atom. The predicted molar refractivity (Wildman–Crippen MR) is 192 cm³/mol. The Morgan fingerprint density at radius 1 is 1.00 bits per heavy atom. The molecule has 1 aromatic rings. The number of fused-ring (bicyclic) bond motifs is 1. The van der Waals surface area contributed by atoms with E-state index in [9.17, 15) is 29.4 Å². The molecular weight excluding hydrogens is 644 g/mol. The number of quaternary nitrogens is 1. The van der Waals surface area contributed by atoms with Crippen molar-refractivity contribution in [1.29, 1.82) is 0 Å². The normalized spacial score (nSPS) is 20.1. The van der Waals surface area contributed by atoms with Crippen LogP contribution in [0.4, 0.5) is 0 Å². The second kappa shape index (κ2) is 19.8. The molecule has 0 saturated carbocycles. The second-order valence-corrected chi connectivity index (χ2v) is 15.5. The van der Waals surface area contributed by atoms with Crippen molar-refractivity contribution in [2.75, 3.05) is 40.3 Å². The van der Waals surface area contributed by atoms with Crippen LogP contribution in [0.25, 0.3) is 0 Å². The first kappa shape index (κ1) is 41.9. The Kier molecular flexibility index (Phi) is 17.0. The molecule has 2 aliphatic heterocycles. The highest BCUT2D eigenvalue weighted by Gasteiger charge is 2.62. The summed E-state index contributed by atoms with van der Waals surface area (Å²) in [7, 11) is 2.80. The van der Waals surface area contributed by atoms with Crippen molar-refractivity contribution in [2.24, 2.45) is 0 Å². The first-order valence-corrected chi connectivity index (χ1v) is 18.7. The lowest BCUT2D eigenvalue weighted by molar-refractivity contribution is -0.929. The number of carboxylic acids is 1. The van der Waals surface area contributed by atoms with Crippen molar-refractivity contribution in [2.45, 2.75) is 121 Å². The Hall–Kier alpha value is -3.25. The van der Waals surface area contributed by atoms with Gasteiger partial charge >= 0.3 is 5.97 Å². The summed E-state index contributed by atoms with van der Waals surface area (Å²) >= 11 is 1.29. The average molecular weight is 705 g/mol. The Morgan fingerprint density at radius 2 is 1.49 bits per heavy atom. The molecule has 2 aliphatic rings. The zero-order valence-corrected chi connectivity index (χ0v) is 31.7. The summed E-state index contributed by atoms with van der Waals surface area (Å²) in [6, 6.07) is 3.03. The van der Waals surface area contributed by atoms with Crippen LogP contribution < -0.4 is 10.4 Å². The van der Waals surface area contributed by atoms with E-state index in [0.29, 0.717) is 5.56 Å². The first-order chi connectivity index (χ1) is 23.2. The van der Waals surface area contributed by atoms with Gasteiger partial charge in [0.05, 0.1) is 45.3 Å². The molecule has 2 heterocycles. The van der Waals surface area contributed by atoms with Gasteiger partial charge in [0.1, 0.15) is 23.2 Å². The minimum atomic E-state index is -1.34. The molecule has 0 bridgehead atoms. The molecule has 0 aliphatic carbocycles. The number of amides is 2. The van der Waals surface area contributed by atoms with E-state index < -0.39 is 52.0 Å². The van der Waals surface area contributed by atoms with Crippen LogP contribution in [0, 0.1) is 0 Å². The van der Waals surface area contributed by atoms with E-state index >= 15 is 0 Å². The smallest absolute Gasteiger partial charge is 0.331 e. The van der Waals surface area contributed by atoms with Gasteiger partial charge in [-0.15, -0.1) is 11.8 Å². The Labute approximate surface area is 298 Å². The number of carbonyl (C=O) groups excluding carboxylic acids is 4. The number of phenolic OH excluding ortho intramolecular Hbond substituents is 1. The van der Waals surface area contributed by atoms with Crippen LogP contribution in [0.3, 0.4) is 0 Å². The number of esters is 1. The van der Waals surface area contributed by atoms with Crippen LogP contribution in [-0.2, 0) is 23.9 Å². The summed E-state index contributed by atoms with van der Waals surface area (Å²) < 4.78 is 5.22. The van der Waals surface area contributed by atoms with E-state index in [2.05, 4.69) is 37.7 Å². The van der Waals surface area contributed by atoms with Crippen molar-refractivity contribution >= 4 is 35.5 Å². The number of hydrogen-bond acceptors (Lipinski definition) is 9. The fourth-order valence-electron chi connectivity index (χ4n) is 6.56. The van der Waals surface area contributed by atoms with Gasteiger partial charge in [-0.1, -0.05) is 65.5 Å². The van der Waals surface area contributed by atoms with E-state index in [4.69, 9.17) is 0 Å². The third-order valence-corrected chi connectivity index (χ3v) is 11.0.